The molecule has 1 heterocycles. The highest BCUT2D eigenvalue weighted by Crippen LogP contribution is 2.20. The Hall–Kier alpha value is -2.33. The normalized spacial score (nSPS) is 10.8. The van der Waals surface area contributed by atoms with Crippen molar-refractivity contribution < 1.29 is 0 Å². The minimum absolute atomic E-state index is 0.663. The average Bonchev–Trinajstić information content (AvgIpc) is 2.88. The van der Waals surface area contributed by atoms with Crippen LogP contribution in [0.1, 0.15) is 22.3 Å². The van der Waals surface area contributed by atoms with Gasteiger partial charge in [0.15, 0.2) is 5.11 Å². The fourth-order valence-corrected chi connectivity index (χ4v) is 3.25. The first kappa shape index (κ1) is 16.5. The molecule has 0 fully saturated rings. The summed E-state index contributed by atoms with van der Waals surface area (Å²) in [6.07, 6.45) is 3.02. The topological polar surface area (TPSA) is 39.8 Å². The van der Waals surface area contributed by atoms with Crippen LogP contribution in [-0.4, -0.2) is 16.6 Å². The molecule has 0 aliphatic heterocycles. The van der Waals surface area contributed by atoms with Crippen molar-refractivity contribution in [2.24, 2.45) is 0 Å². The number of aromatic nitrogens is 1. The molecule has 24 heavy (non-hydrogen) atoms. The maximum Gasteiger partial charge on any atom is 0.170 e. The van der Waals surface area contributed by atoms with Crippen LogP contribution in [0.25, 0.3) is 10.9 Å². The van der Waals surface area contributed by atoms with Crippen molar-refractivity contribution in [3.05, 3.63) is 64.8 Å². The number of fused-ring (bicyclic) bond motifs is 1. The minimum atomic E-state index is 0.663. The van der Waals surface area contributed by atoms with Gasteiger partial charge < -0.3 is 15.6 Å². The molecule has 2 aromatic carbocycles. The summed E-state index contributed by atoms with van der Waals surface area (Å²) >= 11 is 5.40. The average molecular weight is 337 g/mol. The largest absolute Gasteiger partial charge is 0.362 e. The second kappa shape index (κ2) is 7.05. The molecule has 0 saturated carbocycles. The molecule has 0 bridgehead atoms. The van der Waals surface area contributed by atoms with Crippen molar-refractivity contribution in [1.82, 2.24) is 10.3 Å². The van der Waals surface area contributed by atoms with Gasteiger partial charge in [-0.05, 0) is 80.4 Å². The molecule has 0 spiro atoms. The van der Waals surface area contributed by atoms with Gasteiger partial charge in [0, 0.05) is 29.3 Å². The molecular weight excluding hydrogens is 314 g/mol. The van der Waals surface area contributed by atoms with Crippen LogP contribution in [0, 0.1) is 20.8 Å². The van der Waals surface area contributed by atoms with Crippen LogP contribution in [0.15, 0.2) is 42.6 Å². The summed E-state index contributed by atoms with van der Waals surface area (Å²) in [5.41, 5.74) is 7.28. The molecule has 0 radical (unpaired) electrons. The summed E-state index contributed by atoms with van der Waals surface area (Å²) in [6.45, 7) is 7.11. The van der Waals surface area contributed by atoms with Crippen LogP contribution in [0.2, 0.25) is 0 Å². The highest BCUT2D eigenvalue weighted by molar-refractivity contribution is 7.80. The van der Waals surface area contributed by atoms with Crippen molar-refractivity contribution in [3.8, 4) is 0 Å². The zero-order valence-electron chi connectivity index (χ0n) is 14.4. The van der Waals surface area contributed by atoms with Gasteiger partial charge in [-0.3, -0.25) is 0 Å². The smallest absolute Gasteiger partial charge is 0.170 e. The van der Waals surface area contributed by atoms with Crippen LogP contribution >= 0.6 is 12.2 Å². The Balaban J connectivity index is 1.57. The highest BCUT2D eigenvalue weighted by atomic mass is 32.1. The summed E-state index contributed by atoms with van der Waals surface area (Å²) in [5, 5.41) is 8.52. The lowest BCUT2D eigenvalue weighted by atomic mass is 10.1. The Kier molecular flexibility index (Phi) is 4.86. The highest BCUT2D eigenvalue weighted by Gasteiger charge is 2.04. The van der Waals surface area contributed by atoms with E-state index in [1.807, 2.05) is 0 Å². The first-order chi connectivity index (χ1) is 11.5. The molecule has 0 amide bonds. The molecule has 0 aliphatic rings. The molecule has 3 rings (SSSR count). The van der Waals surface area contributed by atoms with Crippen molar-refractivity contribution in [2.45, 2.75) is 27.2 Å². The molecular formula is C20H23N3S. The Bertz CT molecular complexity index is 859. The minimum Gasteiger partial charge on any atom is -0.362 e. The second-order valence-corrected chi connectivity index (χ2v) is 6.78. The van der Waals surface area contributed by atoms with E-state index in [4.69, 9.17) is 12.2 Å². The van der Waals surface area contributed by atoms with E-state index in [0.29, 0.717) is 5.11 Å². The SMILES string of the molecule is Cc1cc(C)cc(NC(=S)NCCc2c[nH]c3ccc(C)cc23)c1. The van der Waals surface area contributed by atoms with E-state index < -0.39 is 0 Å². The summed E-state index contributed by atoms with van der Waals surface area (Å²) in [4.78, 5) is 3.33. The quantitative estimate of drug-likeness (QED) is 0.608. The lowest BCUT2D eigenvalue weighted by Crippen LogP contribution is -2.30. The first-order valence-electron chi connectivity index (χ1n) is 8.21. The second-order valence-electron chi connectivity index (χ2n) is 6.37. The van der Waals surface area contributed by atoms with E-state index in [-0.39, 0.29) is 0 Å². The fourth-order valence-electron chi connectivity index (χ4n) is 3.03. The Morgan fingerprint density at radius 1 is 1.00 bits per heavy atom. The molecule has 0 aliphatic carbocycles. The standard InChI is InChI=1S/C20H23N3S/c1-13-4-5-19-18(11-13)16(12-22-19)6-7-21-20(24)23-17-9-14(2)8-15(3)10-17/h4-5,8-12,22H,6-7H2,1-3H3,(H2,21,23,24). The third kappa shape index (κ3) is 3.95. The number of H-pyrrole nitrogens is 1. The third-order valence-electron chi connectivity index (χ3n) is 4.08. The van der Waals surface area contributed by atoms with E-state index in [9.17, 15) is 0 Å². The van der Waals surface area contributed by atoms with Crippen molar-refractivity contribution in [1.29, 1.82) is 0 Å². The van der Waals surface area contributed by atoms with Gasteiger partial charge in [0.2, 0.25) is 0 Å². The zero-order valence-corrected chi connectivity index (χ0v) is 15.2. The van der Waals surface area contributed by atoms with Gasteiger partial charge >= 0.3 is 0 Å². The number of aromatic amines is 1. The van der Waals surface area contributed by atoms with Gasteiger partial charge in [-0.1, -0.05) is 17.7 Å². The molecule has 3 N–H and O–H groups in total. The molecule has 0 unspecified atom stereocenters. The summed E-state index contributed by atoms with van der Waals surface area (Å²) < 4.78 is 0. The number of anilines is 1. The zero-order chi connectivity index (χ0) is 17.1. The van der Waals surface area contributed by atoms with Gasteiger partial charge in [-0.2, -0.15) is 0 Å². The number of benzene rings is 2. The number of thiocarbonyl (C=S) groups is 1. The molecule has 0 atom stereocenters. The van der Waals surface area contributed by atoms with Crippen LogP contribution < -0.4 is 10.6 Å². The van der Waals surface area contributed by atoms with Crippen molar-refractivity contribution in [2.75, 3.05) is 11.9 Å². The number of hydrogen-bond acceptors (Lipinski definition) is 1. The Morgan fingerprint density at radius 2 is 1.75 bits per heavy atom. The van der Waals surface area contributed by atoms with Gasteiger partial charge in [-0.25, -0.2) is 0 Å². The summed E-state index contributed by atoms with van der Waals surface area (Å²) in [6, 6.07) is 12.8. The molecule has 0 saturated heterocycles. The van der Waals surface area contributed by atoms with E-state index in [2.05, 4.69) is 79.0 Å². The fraction of sp³-hybridized carbons (Fsp3) is 0.250. The van der Waals surface area contributed by atoms with Gasteiger partial charge in [0.1, 0.15) is 0 Å². The van der Waals surface area contributed by atoms with E-state index >= 15 is 0 Å². The van der Waals surface area contributed by atoms with Gasteiger partial charge in [-0.15, -0.1) is 0 Å². The molecule has 4 heteroatoms. The molecule has 124 valence electrons. The Labute approximate surface area is 148 Å². The van der Waals surface area contributed by atoms with Gasteiger partial charge in [0.05, 0.1) is 0 Å². The van der Waals surface area contributed by atoms with Crippen LogP contribution in [0.5, 0.6) is 0 Å². The molecule has 1 aromatic heterocycles. The van der Waals surface area contributed by atoms with E-state index in [0.717, 1.165) is 18.7 Å². The number of aryl methyl sites for hydroxylation is 3. The van der Waals surface area contributed by atoms with E-state index in [1.54, 1.807) is 0 Å². The number of rotatable bonds is 4. The first-order valence-corrected chi connectivity index (χ1v) is 8.62. The molecule has 3 nitrogen and oxygen atoms in total. The van der Waals surface area contributed by atoms with Crippen LogP contribution in [0.4, 0.5) is 5.69 Å². The number of hydrogen-bond donors (Lipinski definition) is 3. The van der Waals surface area contributed by atoms with Crippen molar-refractivity contribution in [3.63, 3.8) is 0 Å². The summed E-state index contributed by atoms with van der Waals surface area (Å²) in [5.74, 6) is 0. The maximum atomic E-state index is 5.40. The van der Waals surface area contributed by atoms with E-state index in [1.165, 1.54) is 33.2 Å². The third-order valence-corrected chi connectivity index (χ3v) is 4.33. The molecule has 3 aromatic rings. The summed E-state index contributed by atoms with van der Waals surface area (Å²) in [7, 11) is 0. The monoisotopic (exact) mass is 337 g/mol. The predicted molar refractivity (Wildman–Crippen MR) is 107 cm³/mol. The van der Waals surface area contributed by atoms with Gasteiger partial charge in [0.25, 0.3) is 0 Å². The maximum absolute atomic E-state index is 5.40. The lowest BCUT2D eigenvalue weighted by Gasteiger charge is -2.11. The van der Waals surface area contributed by atoms with Crippen LogP contribution in [0.3, 0.4) is 0 Å². The predicted octanol–water partition coefficient (Wildman–Crippen LogP) is 4.62. The Morgan fingerprint density at radius 3 is 2.50 bits per heavy atom. The van der Waals surface area contributed by atoms with Crippen LogP contribution in [-0.2, 0) is 6.42 Å². The number of nitrogens with one attached hydrogen (secondary N) is 3. The van der Waals surface area contributed by atoms with Crippen molar-refractivity contribution >= 4 is 33.9 Å². The lowest BCUT2D eigenvalue weighted by molar-refractivity contribution is 0.878.